The molecule has 0 saturated carbocycles. The standard InChI is InChI=1S/C17H21N5O2S/c18-16-15(25(23,24)12-7-3-1-4-8-12)13-14(21-16)17(20-11-19-13)22-9-5-2-6-10-22/h1,3-4,7-8,11,15-16,21H,2,5-6,9-10,18H2. The van der Waals surface area contributed by atoms with Crippen molar-refractivity contribution < 1.29 is 8.42 Å². The molecule has 7 nitrogen and oxygen atoms in total. The largest absolute Gasteiger partial charge is 0.364 e. The smallest absolute Gasteiger partial charge is 0.190 e. The fourth-order valence-electron chi connectivity index (χ4n) is 3.60. The minimum Gasteiger partial charge on any atom is -0.364 e. The van der Waals surface area contributed by atoms with Gasteiger partial charge in [-0.15, -0.1) is 0 Å². The minimum absolute atomic E-state index is 0.253. The molecular weight excluding hydrogens is 338 g/mol. The molecule has 2 atom stereocenters. The lowest BCUT2D eigenvalue weighted by Gasteiger charge is -2.29. The monoisotopic (exact) mass is 359 g/mol. The van der Waals surface area contributed by atoms with Gasteiger partial charge >= 0.3 is 0 Å². The summed E-state index contributed by atoms with van der Waals surface area (Å²) in [6.07, 6.45) is 4.12. The molecule has 132 valence electrons. The highest BCUT2D eigenvalue weighted by Crippen LogP contribution is 2.43. The first-order valence-corrected chi connectivity index (χ1v) is 10.0. The number of benzene rings is 1. The lowest BCUT2D eigenvalue weighted by molar-refractivity contribution is 0.571. The number of nitrogens with zero attached hydrogens (tertiary/aromatic N) is 3. The van der Waals surface area contributed by atoms with Gasteiger partial charge in [-0.1, -0.05) is 18.2 Å². The second-order valence-corrected chi connectivity index (χ2v) is 8.52. The van der Waals surface area contributed by atoms with Crippen LogP contribution in [0, 0.1) is 0 Å². The van der Waals surface area contributed by atoms with Gasteiger partial charge in [0.1, 0.15) is 17.3 Å². The maximum absolute atomic E-state index is 13.1. The van der Waals surface area contributed by atoms with Gasteiger partial charge < -0.3 is 16.0 Å². The van der Waals surface area contributed by atoms with Crippen LogP contribution in [0.15, 0.2) is 41.6 Å². The lowest BCUT2D eigenvalue weighted by atomic mass is 10.1. The first kappa shape index (κ1) is 16.3. The maximum atomic E-state index is 13.1. The third kappa shape index (κ3) is 2.75. The van der Waals surface area contributed by atoms with Crippen LogP contribution in [0.1, 0.15) is 30.2 Å². The van der Waals surface area contributed by atoms with Crippen LogP contribution in [0.2, 0.25) is 0 Å². The van der Waals surface area contributed by atoms with Crippen LogP contribution >= 0.6 is 0 Å². The Kier molecular flexibility index (Phi) is 4.09. The second-order valence-electron chi connectivity index (χ2n) is 6.45. The number of fused-ring (bicyclic) bond motifs is 1. The van der Waals surface area contributed by atoms with Gasteiger partial charge in [0.15, 0.2) is 15.7 Å². The zero-order valence-electron chi connectivity index (χ0n) is 13.8. The van der Waals surface area contributed by atoms with Crippen LogP contribution < -0.4 is 16.0 Å². The summed E-state index contributed by atoms with van der Waals surface area (Å²) in [6.45, 7) is 1.83. The van der Waals surface area contributed by atoms with Gasteiger partial charge in [-0.3, -0.25) is 0 Å². The first-order chi connectivity index (χ1) is 12.1. The summed E-state index contributed by atoms with van der Waals surface area (Å²) in [5.41, 5.74) is 7.29. The van der Waals surface area contributed by atoms with Gasteiger partial charge in [-0.25, -0.2) is 18.4 Å². The number of piperidine rings is 1. The summed E-state index contributed by atoms with van der Waals surface area (Å²) in [5.74, 6) is 0.755. The van der Waals surface area contributed by atoms with Crippen LogP contribution in [0.5, 0.6) is 0 Å². The Morgan fingerprint density at radius 2 is 1.80 bits per heavy atom. The predicted molar refractivity (Wildman–Crippen MR) is 96.1 cm³/mol. The van der Waals surface area contributed by atoms with Crippen molar-refractivity contribution in [2.24, 2.45) is 5.73 Å². The average Bonchev–Trinajstić information content (AvgIpc) is 2.99. The van der Waals surface area contributed by atoms with E-state index in [0.717, 1.165) is 31.7 Å². The number of nitrogens with two attached hydrogens (primary N) is 1. The van der Waals surface area contributed by atoms with E-state index in [9.17, 15) is 8.42 Å². The Balaban J connectivity index is 1.77. The highest BCUT2D eigenvalue weighted by molar-refractivity contribution is 7.91. The molecular formula is C17H21N5O2S. The van der Waals surface area contributed by atoms with E-state index in [1.54, 1.807) is 30.3 Å². The van der Waals surface area contributed by atoms with E-state index in [0.29, 0.717) is 11.4 Å². The summed E-state index contributed by atoms with van der Waals surface area (Å²) in [7, 11) is -3.65. The molecule has 25 heavy (non-hydrogen) atoms. The Morgan fingerprint density at radius 3 is 2.52 bits per heavy atom. The number of hydrogen-bond donors (Lipinski definition) is 2. The Hall–Kier alpha value is -2.19. The molecule has 2 aromatic rings. The summed E-state index contributed by atoms with van der Waals surface area (Å²) >= 11 is 0. The number of hydrogen-bond acceptors (Lipinski definition) is 7. The van der Waals surface area contributed by atoms with E-state index in [1.165, 1.54) is 12.7 Å². The molecule has 3 N–H and O–H groups in total. The number of nitrogens with one attached hydrogen (secondary N) is 1. The maximum Gasteiger partial charge on any atom is 0.190 e. The number of aromatic nitrogens is 2. The zero-order valence-corrected chi connectivity index (χ0v) is 14.6. The molecule has 2 aliphatic rings. The summed E-state index contributed by atoms with van der Waals surface area (Å²) in [4.78, 5) is 11.1. The van der Waals surface area contributed by atoms with Crippen molar-refractivity contribution >= 4 is 21.3 Å². The highest BCUT2D eigenvalue weighted by atomic mass is 32.2. The summed E-state index contributed by atoms with van der Waals surface area (Å²) < 4.78 is 26.2. The average molecular weight is 359 g/mol. The first-order valence-electron chi connectivity index (χ1n) is 8.50. The number of rotatable bonds is 3. The SMILES string of the molecule is NC1Nc2c(ncnc2N2CCCCC2)C1S(=O)(=O)c1ccccc1. The van der Waals surface area contributed by atoms with Gasteiger partial charge in [0.05, 0.1) is 16.8 Å². The third-order valence-corrected chi connectivity index (χ3v) is 6.94. The molecule has 2 aliphatic heterocycles. The van der Waals surface area contributed by atoms with E-state index in [1.807, 2.05) is 0 Å². The highest BCUT2D eigenvalue weighted by Gasteiger charge is 2.43. The normalized spacial score (nSPS) is 23.2. The van der Waals surface area contributed by atoms with Crippen LogP contribution in [-0.2, 0) is 9.84 Å². The molecule has 0 bridgehead atoms. The summed E-state index contributed by atoms with van der Waals surface area (Å²) in [6, 6.07) is 8.39. The van der Waals surface area contributed by atoms with Crippen molar-refractivity contribution in [1.29, 1.82) is 0 Å². The molecule has 3 heterocycles. The molecule has 1 aromatic carbocycles. The molecule has 0 spiro atoms. The lowest BCUT2D eigenvalue weighted by Crippen LogP contribution is -2.35. The van der Waals surface area contributed by atoms with Crippen LogP contribution in [0.3, 0.4) is 0 Å². The van der Waals surface area contributed by atoms with Gasteiger partial charge in [0, 0.05) is 13.1 Å². The van der Waals surface area contributed by atoms with Crippen molar-refractivity contribution in [3.8, 4) is 0 Å². The van der Waals surface area contributed by atoms with Gasteiger partial charge in [0.2, 0.25) is 0 Å². The second kappa shape index (κ2) is 6.27. The van der Waals surface area contributed by atoms with Gasteiger partial charge in [-0.2, -0.15) is 0 Å². The van der Waals surface area contributed by atoms with Crippen molar-refractivity contribution in [2.75, 3.05) is 23.3 Å². The topological polar surface area (TPSA) is 101 Å². The minimum atomic E-state index is -3.65. The van der Waals surface area contributed by atoms with Crippen molar-refractivity contribution in [1.82, 2.24) is 9.97 Å². The fourth-order valence-corrected chi connectivity index (χ4v) is 5.35. The van der Waals surface area contributed by atoms with Crippen molar-refractivity contribution in [2.45, 2.75) is 35.6 Å². The summed E-state index contributed by atoms with van der Waals surface area (Å²) in [5, 5.41) is 2.20. The molecule has 4 rings (SSSR count). The molecule has 0 amide bonds. The van der Waals surface area contributed by atoms with E-state index in [-0.39, 0.29) is 4.90 Å². The molecule has 0 aliphatic carbocycles. The number of anilines is 2. The van der Waals surface area contributed by atoms with Crippen molar-refractivity contribution in [3.63, 3.8) is 0 Å². The quantitative estimate of drug-likeness (QED) is 0.860. The third-order valence-electron chi connectivity index (χ3n) is 4.82. The molecule has 1 fully saturated rings. The van der Waals surface area contributed by atoms with Crippen LogP contribution in [0.4, 0.5) is 11.5 Å². The molecule has 8 heteroatoms. The Morgan fingerprint density at radius 1 is 1.08 bits per heavy atom. The number of sulfone groups is 1. The van der Waals surface area contributed by atoms with Crippen molar-refractivity contribution in [3.05, 3.63) is 42.4 Å². The Bertz CT molecular complexity index is 866. The van der Waals surface area contributed by atoms with E-state index in [4.69, 9.17) is 5.73 Å². The van der Waals surface area contributed by atoms with Gasteiger partial charge in [-0.05, 0) is 31.4 Å². The molecule has 0 radical (unpaired) electrons. The van der Waals surface area contributed by atoms with Crippen LogP contribution in [-0.4, -0.2) is 37.6 Å². The Labute approximate surface area is 147 Å². The van der Waals surface area contributed by atoms with Gasteiger partial charge in [0.25, 0.3) is 0 Å². The molecule has 2 unspecified atom stereocenters. The molecule has 1 aromatic heterocycles. The van der Waals surface area contributed by atoms with E-state index < -0.39 is 21.3 Å². The van der Waals surface area contributed by atoms with Crippen LogP contribution in [0.25, 0.3) is 0 Å². The predicted octanol–water partition coefficient (Wildman–Crippen LogP) is 1.69. The van der Waals surface area contributed by atoms with E-state index in [2.05, 4.69) is 20.2 Å². The fraction of sp³-hybridized carbons (Fsp3) is 0.412. The molecule has 1 saturated heterocycles. The zero-order chi connectivity index (χ0) is 17.4. The van der Waals surface area contributed by atoms with E-state index >= 15 is 0 Å².